The molecule has 7 heteroatoms. The van der Waals surface area contributed by atoms with Gasteiger partial charge in [0.15, 0.2) is 0 Å². The van der Waals surface area contributed by atoms with E-state index in [1.807, 2.05) is 6.92 Å². The number of ether oxygens (including phenoxy) is 1. The number of methoxy groups -OCH3 is 1. The van der Waals surface area contributed by atoms with Crippen molar-refractivity contribution in [3.05, 3.63) is 11.8 Å². The maximum Gasteiger partial charge on any atom is 0.230 e. The summed E-state index contributed by atoms with van der Waals surface area (Å²) in [5.41, 5.74) is 0.869. The number of aryl methyl sites for hydroxylation is 1. The Morgan fingerprint density at radius 3 is 3.11 bits per heavy atom. The van der Waals surface area contributed by atoms with Gasteiger partial charge < -0.3 is 15.0 Å². The summed E-state index contributed by atoms with van der Waals surface area (Å²) in [6.45, 7) is 3.31. The van der Waals surface area contributed by atoms with Crippen LogP contribution in [0.4, 0.5) is 5.82 Å². The zero-order chi connectivity index (χ0) is 13.8. The average molecular weight is 266 g/mol. The number of nitrogens with one attached hydrogen (secondary N) is 2. The first-order valence-corrected chi connectivity index (χ1v) is 6.19. The third kappa shape index (κ3) is 3.11. The molecule has 104 valence electrons. The highest BCUT2D eigenvalue weighted by Crippen LogP contribution is 2.20. The van der Waals surface area contributed by atoms with E-state index < -0.39 is 0 Å². The fourth-order valence-electron chi connectivity index (χ4n) is 2.06. The van der Waals surface area contributed by atoms with Gasteiger partial charge in [0.1, 0.15) is 5.82 Å². The summed E-state index contributed by atoms with van der Waals surface area (Å²) in [4.78, 5) is 25.5. The number of carbonyl (C=O) groups is 2. The van der Waals surface area contributed by atoms with Crippen molar-refractivity contribution in [2.75, 3.05) is 32.1 Å². The zero-order valence-corrected chi connectivity index (χ0v) is 11.1. The Labute approximate surface area is 111 Å². The Bertz CT molecular complexity index is 471. The molecular weight excluding hydrogens is 248 g/mol. The second-order valence-corrected chi connectivity index (χ2v) is 4.65. The van der Waals surface area contributed by atoms with E-state index in [9.17, 15) is 9.59 Å². The zero-order valence-electron chi connectivity index (χ0n) is 11.1. The van der Waals surface area contributed by atoms with Gasteiger partial charge in [0, 0.05) is 32.2 Å². The minimum Gasteiger partial charge on any atom is -0.383 e. The fourth-order valence-corrected chi connectivity index (χ4v) is 2.06. The number of hydrogen-bond acceptors (Lipinski definition) is 4. The maximum absolute atomic E-state index is 12.1. The van der Waals surface area contributed by atoms with Crippen molar-refractivity contribution in [3.63, 3.8) is 0 Å². The minimum atomic E-state index is -0.313. The molecule has 2 N–H and O–H groups in total. The SMILES string of the molecule is COCCN1CC(C(=O)Nc2[nH]ncc2C)CC1=O. The van der Waals surface area contributed by atoms with Crippen LogP contribution in [0.5, 0.6) is 0 Å². The van der Waals surface area contributed by atoms with E-state index in [-0.39, 0.29) is 24.2 Å². The summed E-state index contributed by atoms with van der Waals surface area (Å²) in [5.74, 6) is 0.124. The van der Waals surface area contributed by atoms with Gasteiger partial charge >= 0.3 is 0 Å². The molecule has 2 heterocycles. The molecule has 19 heavy (non-hydrogen) atoms. The monoisotopic (exact) mass is 266 g/mol. The van der Waals surface area contributed by atoms with Gasteiger partial charge in [-0.15, -0.1) is 0 Å². The Morgan fingerprint density at radius 1 is 1.68 bits per heavy atom. The first-order valence-electron chi connectivity index (χ1n) is 6.19. The molecule has 7 nitrogen and oxygen atoms in total. The number of anilines is 1. The van der Waals surface area contributed by atoms with Crippen LogP contribution < -0.4 is 5.32 Å². The quantitative estimate of drug-likeness (QED) is 0.794. The Morgan fingerprint density at radius 2 is 2.47 bits per heavy atom. The third-order valence-electron chi connectivity index (χ3n) is 3.23. The van der Waals surface area contributed by atoms with Crippen LogP contribution in [-0.4, -0.2) is 53.7 Å². The van der Waals surface area contributed by atoms with Crippen LogP contribution in [0.2, 0.25) is 0 Å². The van der Waals surface area contributed by atoms with Gasteiger partial charge in [0.2, 0.25) is 11.8 Å². The number of H-pyrrole nitrogens is 1. The predicted octanol–water partition coefficient (Wildman–Crippen LogP) is 0.152. The molecule has 1 saturated heterocycles. The normalized spacial score (nSPS) is 18.9. The summed E-state index contributed by atoms with van der Waals surface area (Å²) in [6.07, 6.45) is 1.89. The summed E-state index contributed by atoms with van der Waals surface area (Å²) in [5, 5.41) is 9.32. The molecule has 0 aliphatic carbocycles. The lowest BCUT2D eigenvalue weighted by Crippen LogP contribution is -2.30. The van der Waals surface area contributed by atoms with E-state index in [1.165, 1.54) is 0 Å². The lowest BCUT2D eigenvalue weighted by Gasteiger charge is -2.15. The lowest BCUT2D eigenvalue weighted by atomic mass is 10.1. The van der Waals surface area contributed by atoms with Crippen LogP contribution in [0.3, 0.4) is 0 Å². The number of rotatable bonds is 5. The highest BCUT2D eigenvalue weighted by Gasteiger charge is 2.34. The van der Waals surface area contributed by atoms with Gasteiger partial charge in [0.05, 0.1) is 18.7 Å². The average Bonchev–Trinajstić information content (AvgIpc) is 2.94. The lowest BCUT2D eigenvalue weighted by molar-refractivity contribution is -0.128. The van der Waals surface area contributed by atoms with Gasteiger partial charge in [-0.1, -0.05) is 0 Å². The number of hydrogen-bond donors (Lipinski definition) is 2. The Hall–Kier alpha value is -1.89. The summed E-state index contributed by atoms with van der Waals surface area (Å²) < 4.78 is 4.94. The van der Waals surface area contributed by atoms with E-state index >= 15 is 0 Å². The van der Waals surface area contributed by atoms with E-state index in [2.05, 4.69) is 15.5 Å². The highest BCUT2D eigenvalue weighted by atomic mass is 16.5. The van der Waals surface area contributed by atoms with E-state index in [4.69, 9.17) is 4.74 Å². The number of aromatic nitrogens is 2. The number of amides is 2. The van der Waals surface area contributed by atoms with E-state index in [0.717, 1.165) is 5.56 Å². The molecule has 2 rings (SSSR count). The molecule has 0 spiro atoms. The van der Waals surface area contributed by atoms with Crippen LogP contribution in [0, 0.1) is 12.8 Å². The first kappa shape index (κ1) is 13.5. The fraction of sp³-hybridized carbons (Fsp3) is 0.583. The second-order valence-electron chi connectivity index (χ2n) is 4.65. The van der Waals surface area contributed by atoms with Crippen molar-refractivity contribution < 1.29 is 14.3 Å². The molecular formula is C12H18N4O3. The van der Waals surface area contributed by atoms with Gasteiger partial charge in [-0.2, -0.15) is 5.10 Å². The third-order valence-corrected chi connectivity index (χ3v) is 3.23. The number of nitrogens with zero attached hydrogens (tertiary/aromatic N) is 2. The van der Waals surface area contributed by atoms with Gasteiger partial charge in [-0.3, -0.25) is 14.7 Å². The van der Waals surface area contributed by atoms with Gasteiger partial charge in [0.25, 0.3) is 0 Å². The summed E-state index contributed by atoms with van der Waals surface area (Å²) >= 11 is 0. The maximum atomic E-state index is 12.1. The van der Waals surface area contributed by atoms with Crippen molar-refractivity contribution >= 4 is 17.6 Å². The summed E-state index contributed by atoms with van der Waals surface area (Å²) in [6, 6.07) is 0. The van der Waals surface area contributed by atoms with E-state index in [0.29, 0.717) is 25.5 Å². The molecule has 1 aromatic heterocycles. The van der Waals surface area contributed by atoms with Crippen molar-refractivity contribution in [1.29, 1.82) is 0 Å². The van der Waals surface area contributed by atoms with Crippen molar-refractivity contribution in [2.24, 2.45) is 5.92 Å². The van der Waals surface area contributed by atoms with E-state index in [1.54, 1.807) is 18.2 Å². The molecule has 1 unspecified atom stereocenters. The molecule has 0 radical (unpaired) electrons. The molecule has 1 aliphatic rings. The minimum absolute atomic E-state index is 0.00136. The highest BCUT2D eigenvalue weighted by molar-refractivity contribution is 5.96. The predicted molar refractivity (Wildman–Crippen MR) is 68.5 cm³/mol. The molecule has 1 atom stereocenters. The van der Waals surface area contributed by atoms with Crippen LogP contribution in [0.1, 0.15) is 12.0 Å². The van der Waals surface area contributed by atoms with Crippen LogP contribution in [0.25, 0.3) is 0 Å². The van der Waals surface area contributed by atoms with Gasteiger partial charge in [-0.05, 0) is 6.92 Å². The molecule has 0 bridgehead atoms. The standard InChI is InChI=1S/C12H18N4O3/c1-8-6-13-15-11(8)14-12(18)9-5-10(17)16(7-9)3-4-19-2/h6,9H,3-5,7H2,1-2H3,(H2,13,14,15,18). The molecule has 0 saturated carbocycles. The van der Waals surface area contributed by atoms with Gasteiger partial charge in [-0.25, -0.2) is 0 Å². The summed E-state index contributed by atoms with van der Waals surface area (Å²) in [7, 11) is 1.59. The molecule has 2 amide bonds. The van der Waals surface area contributed by atoms with Crippen molar-refractivity contribution in [1.82, 2.24) is 15.1 Å². The molecule has 0 aromatic carbocycles. The molecule has 1 aliphatic heterocycles. The number of carbonyl (C=O) groups excluding carboxylic acids is 2. The Balaban J connectivity index is 1.91. The topological polar surface area (TPSA) is 87.3 Å². The first-order chi connectivity index (χ1) is 9.11. The second kappa shape index (κ2) is 5.83. The number of likely N-dealkylation sites (tertiary alicyclic amines) is 1. The van der Waals surface area contributed by atoms with Crippen molar-refractivity contribution in [3.8, 4) is 0 Å². The largest absolute Gasteiger partial charge is 0.383 e. The molecule has 1 aromatic rings. The van der Waals surface area contributed by atoms with Crippen molar-refractivity contribution in [2.45, 2.75) is 13.3 Å². The molecule has 1 fully saturated rings. The van der Waals surface area contributed by atoms with Crippen LogP contribution in [-0.2, 0) is 14.3 Å². The smallest absolute Gasteiger partial charge is 0.230 e. The number of aromatic amines is 1. The Kier molecular flexibility index (Phi) is 4.16. The van der Waals surface area contributed by atoms with Crippen LogP contribution in [0.15, 0.2) is 6.20 Å². The van der Waals surface area contributed by atoms with Crippen LogP contribution >= 0.6 is 0 Å².